The van der Waals surface area contributed by atoms with Gasteiger partial charge in [-0.15, -0.1) is 0 Å². The summed E-state index contributed by atoms with van der Waals surface area (Å²) in [7, 11) is 0. The highest BCUT2D eigenvalue weighted by atomic mass is 16.3. The highest BCUT2D eigenvalue weighted by molar-refractivity contribution is 5.00. The largest absolute Gasteiger partial charge is 0.392 e. The molecule has 1 N–H and O–H groups in total. The van der Waals surface area contributed by atoms with Crippen LogP contribution < -0.4 is 0 Å². The minimum absolute atomic E-state index is 0.199. The van der Waals surface area contributed by atoms with Crippen LogP contribution in [-0.2, 0) is 0 Å². The number of allylic oxidation sites excluding steroid dienone is 1. The predicted octanol–water partition coefficient (Wildman–Crippen LogP) is 4.41. The molecule has 0 aromatic rings. The summed E-state index contributed by atoms with van der Waals surface area (Å²) in [6.45, 7) is 11.4. The van der Waals surface area contributed by atoms with Crippen molar-refractivity contribution in [2.75, 3.05) is 6.61 Å². The molecule has 0 fully saturated rings. The summed E-state index contributed by atoms with van der Waals surface area (Å²) >= 11 is 0. The van der Waals surface area contributed by atoms with Crippen LogP contribution in [0.4, 0.5) is 0 Å². The average molecular weight is 226 g/mol. The first-order valence-electron chi connectivity index (χ1n) is 6.77. The summed E-state index contributed by atoms with van der Waals surface area (Å²) in [5.74, 6) is 2.24. The van der Waals surface area contributed by atoms with E-state index in [1.807, 2.05) is 6.92 Å². The van der Waals surface area contributed by atoms with E-state index in [0.717, 1.165) is 17.4 Å². The Kier molecular flexibility index (Phi) is 8.64. The Morgan fingerprint density at radius 1 is 1.12 bits per heavy atom. The van der Waals surface area contributed by atoms with E-state index in [-0.39, 0.29) is 6.61 Å². The molecule has 0 spiro atoms. The standard InChI is InChI=1S/C15H30O/c1-6-7-12(2)8-13(3)9-14(4)10-15(5)11-16/h10,12-14,16H,6-9,11H2,1-5H3/t12-,13-,14-/m0/s1. The van der Waals surface area contributed by atoms with Crippen LogP contribution in [0.15, 0.2) is 11.6 Å². The van der Waals surface area contributed by atoms with E-state index in [1.165, 1.54) is 25.7 Å². The molecule has 0 rings (SSSR count). The van der Waals surface area contributed by atoms with Gasteiger partial charge in [0.1, 0.15) is 0 Å². The molecule has 0 aliphatic heterocycles. The predicted molar refractivity (Wildman–Crippen MR) is 72.5 cm³/mol. The maximum absolute atomic E-state index is 8.96. The Balaban J connectivity index is 3.90. The van der Waals surface area contributed by atoms with Crippen LogP contribution in [0.1, 0.15) is 60.3 Å². The van der Waals surface area contributed by atoms with Gasteiger partial charge in [-0.3, -0.25) is 0 Å². The van der Waals surface area contributed by atoms with Crippen molar-refractivity contribution in [2.24, 2.45) is 17.8 Å². The minimum atomic E-state index is 0.199. The topological polar surface area (TPSA) is 20.2 Å². The first kappa shape index (κ1) is 15.7. The fraction of sp³-hybridized carbons (Fsp3) is 0.867. The Bertz CT molecular complexity index is 196. The van der Waals surface area contributed by atoms with Crippen molar-refractivity contribution in [1.82, 2.24) is 0 Å². The molecule has 0 saturated carbocycles. The highest BCUT2D eigenvalue weighted by Gasteiger charge is 2.11. The van der Waals surface area contributed by atoms with Gasteiger partial charge in [0.2, 0.25) is 0 Å². The van der Waals surface area contributed by atoms with Crippen LogP contribution >= 0.6 is 0 Å². The fourth-order valence-electron chi connectivity index (χ4n) is 2.63. The van der Waals surface area contributed by atoms with Gasteiger partial charge in [-0.2, -0.15) is 0 Å². The Morgan fingerprint density at radius 2 is 1.75 bits per heavy atom. The number of rotatable bonds is 8. The van der Waals surface area contributed by atoms with Gasteiger partial charge in [-0.05, 0) is 37.5 Å². The molecule has 0 bridgehead atoms. The second-order valence-electron chi connectivity index (χ2n) is 5.62. The van der Waals surface area contributed by atoms with Crippen LogP contribution in [0.5, 0.6) is 0 Å². The highest BCUT2D eigenvalue weighted by Crippen LogP contribution is 2.23. The molecule has 16 heavy (non-hydrogen) atoms. The summed E-state index contributed by atoms with van der Waals surface area (Å²) in [6.07, 6.45) is 7.44. The van der Waals surface area contributed by atoms with Crippen molar-refractivity contribution >= 4 is 0 Å². The summed E-state index contributed by atoms with van der Waals surface area (Å²) in [5.41, 5.74) is 1.10. The lowest BCUT2D eigenvalue weighted by molar-refractivity contribution is 0.326. The molecule has 1 nitrogen and oxygen atoms in total. The van der Waals surface area contributed by atoms with Gasteiger partial charge in [0.15, 0.2) is 0 Å². The van der Waals surface area contributed by atoms with Gasteiger partial charge in [-0.1, -0.05) is 52.2 Å². The molecular formula is C15H30O. The van der Waals surface area contributed by atoms with Crippen molar-refractivity contribution in [2.45, 2.75) is 60.3 Å². The molecule has 0 aromatic carbocycles. The molecule has 0 heterocycles. The average Bonchev–Trinajstić information content (AvgIpc) is 2.16. The zero-order valence-corrected chi connectivity index (χ0v) is 11.8. The first-order valence-corrected chi connectivity index (χ1v) is 6.77. The van der Waals surface area contributed by atoms with E-state index in [4.69, 9.17) is 5.11 Å². The maximum Gasteiger partial charge on any atom is 0.0639 e. The van der Waals surface area contributed by atoms with Crippen molar-refractivity contribution in [3.63, 3.8) is 0 Å². The minimum Gasteiger partial charge on any atom is -0.392 e. The number of aliphatic hydroxyl groups is 1. The zero-order chi connectivity index (χ0) is 12.6. The zero-order valence-electron chi connectivity index (χ0n) is 11.8. The summed E-state index contributed by atoms with van der Waals surface area (Å²) in [5, 5.41) is 8.96. The Morgan fingerprint density at radius 3 is 2.25 bits per heavy atom. The van der Waals surface area contributed by atoms with Gasteiger partial charge in [-0.25, -0.2) is 0 Å². The third-order valence-corrected chi connectivity index (χ3v) is 3.18. The quantitative estimate of drug-likeness (QED) is 0.608. The lowest BCUT2D eigenvalue weighted by atomic mass is 9.87. The maximum atomic E-state index is 8.96. The monoisotopic (exact) mass is 226 g/mol. The number of aliphatic hydroxyl groups excluding tert-OH is 1. The molecule has 96 valence electrons. The molecule has 0 unspecified atom stereocenters. The van der Waals surface area contributed by atoms with E-state index in [9.17, 15) is 0 Å². The van der Waals surface area contributed by atoms with Crippen molar-refractivity contribution in [3.8, 4) is 0 Å². The molecule has 3 atom stereocenters. The third-order valence-electron chi connectivity index (χ3n) is 3.18. The summed E-state index contributed by atoms with van der Waals surface area (Å²) in [4.78, 5) is 0. The molecule has 0 aliphatic carbocycles. The van der Waals surface area contributed by atoms with E-state index in [2.05, 4.69) is 33.8 Å². The first-order chi connectivity index (χ1) is 7.49. The molecule has 1 heteroatoms. The number of hydrogen-bond donors (Lipinski definition) is 1. The van der Waals surface area contributed by atoms with Crippen LogP contribution in [-0.4, -0.2) is 11.7 Å². The molecular weight excluding hydrogens is 196 g/mol. The van der Waals surface area contributed by atoms with E-state index < -0.39 is 0 Å². The van der Waals surface area contributed by atoms with E-state index in [0.29, 0.717) is 5.92 Å². The summed E-state index contributed by atoms with van der Waals surface area (Å²) < 4.78 is 0. The van der Waals surface area contributed by atoms with Gasteiger partial charge in [0, 0.05) is 0 Å². The van der Waals surface area contributed by atoms with Crippen LogP contribution in [0.2, 0.25) is 0 Å². The van der Waals surface area contributed by atoms with Crippen molar-refractivity contribution in [1.29, 1.82) is 0 Å². The van der Waals surface area contributed by atoms with Crippen LogP contribution in [0.25, 0.3) is 0 Å². The lowest BCUT2D eigenvalue weighted by Gasteiger charge is -2.19. The Hall–Kier alpha value is -0.300. The van der Waals surface area contributed by atoms with Crippen molar-refractivity contribution in [3.05, 3.63) is 11.6 Å². The molecule has 0 amide bonds. The summed E-state index contributed by atoms with van der Waals surface area (Å²) in [6, 6.07) is 0. The molecule has 0 aliphatic rings. The molecule has 0 aromatic heterocycles. The van der Waals surface area contributed by atoms with Gasteiger partial charge in [0.25, 0.3) is 0 Å². The Labute approximate surface area is 102 Å². The molecule has 0 saturated heterocycles. The van der Waals surface area contributed by atoms with Gasteiger partial charge >= 0.3 is 0 Å². The van der Waals surface area contributed by atoms with Crippen LogP contribution in [0, 0.1) is 17.8 Å². The fourth-order valence-corrected chi connectivity index (χ4v) is 2.63. The second-order valence-corrected chi connectivity index (χ2v) is 5.62. The SMILES string of the molecule is CCC[C@H](C)C[C@H](C)C[C@H](C)C=C(C)CO. The van der Waals surface area contributed by atoms with E-state index in [1.54, 1.807) is 0 Å². The van der Waals surface area contributed by atoms with Gasteiger partial charge in [0.05, 0.1) is 6.61 Å². The second kappa shape index (κ2) is 8.81. The molecule has 0 radical (unpaired) electrons. The third kappa shape index (κ3) is 7.92. The van der Waals surface area contributed by atoms with E-state index >= 15 is 0 Å². The smallest absolute Gasteiger partial charge is 0.0639 e. The number of hydrogen-bond acceptors (Lipinski definition) is 1. The van der Waals surface area contributed by atoms with Crippen molar-refractivity contribution < 1.29 is 5.11 Å². The lowest BCUT2D eigenvalue weighted by Crippen LogP contribution is -2.07. The van der Waals surface area contributed by atoms with Gasteiger partial charge < -0.3 is 5.11 Å². The van der Waals surface area contributed by atoms with Crippen LogP contribution in [0.3, 0.4) is 0 Å². The normalized spacial score (nSPS) is 18.2.